The molecule has 0 spiro atoms. The fourth-order valence-corrected chi connectivity index (χ4v) is 3.68. The summed E-state index contributed by atoms with van der Waals surface area (Å²) in [5, 5.41) is 3.31. The third-order valence-corrected chi connectivity index (χ3v) is 4.74. The Bertz CT molecular complexity index is 295. The molecule has 4 nitrogen and oxygen atoms in total. The van der Waals surface area contributed by atoms with Gasteiger partial charge in [0.05, 0.1) is 5.92 Å². The minimum atomic E-state index is 0.254. The van der Waals surface area contributed by atoms with Gasteiger partial charge in [-0.25, -0.2) is 0 Å². The van der Waals surface area contributed by atoms with Crippen LogP contribution in [0.15, 0.2) is 0 Å². The molecule has 1 N–H and O–H groups in total. The Morgan fingerprint density at radius 3 is 2.67 bits per heavy atom. The van der Waals surface area contributed by atoms with E-state index in [-0.39, 0.29) is 5.92 Å². The van der Waals surface area contributed by atoms with E-state index >= 15 is 0 Å². The number of hydrogen-bond donors (Lipinski definition) is 1. The first-order chi connectivity index (χ1) is 8.84. The van der Waals surface area contributed by atoms with Gasteiger partial charge in [0.15, 0.2) is 0 Å². The van der Waals surface area contributed by atoms with Crippen molar-refractivity contribution < 1.29 is 4.79 Å². The van der Waals surface area contributed by atoms with Crippen LogP contribution in [0.25, 0.3) is 0 Å². The molecule has 4 heteroatoms. The highest BCUT2D eigenvalue weighted by Crippen LogP contribution is 2.23. The first kappa shape index (κ1) is 12.4. The zero-order valence-corrected chi connectivity index (χ0v) is 11.2. The van der Waals surface area contributed by atoms with Crippen LogP contribution < -0.4 is 5.32 Å². The number of nitrogens with zero attached hydrogens (tertiary/aromatic N) is 2. The second-order valence-electron chi connectivity index (χ2n) is 6.03. The normalized spacial score (nSPS) is 33.4. The van der Waals surface area contributed by atoms with Crippen LogP contribution >= 0.6 is 0 Å². The lowest BCUT2D eigenvalue weighted by Gasteiger charge is -2.30. The average molecular weight is 251 g/mol. The van der Waals surface area contributed by atoms with Crippen molar-refractivity contribution in [3.05, 3.63) is 0 Å². The van der Waals surface area contributed by atoms with E-state index in [0.29, 0.717) is 11.9 Å². The van der Waals surface area contributed by atoms with E-state index in [1.54, 1.807) is 0 Å². The molecule has 1 amide bonds. The summed E-state index contributed by atoms with van der Waals surface area (Å²) in [6.07, 6.45) is 6.12. The summed E-state index contributed by atoms with van der Waals surface area (Å²) in [6, 6.07) is 0.496. The van der Waals surface area contributed by atoms with Crippen LogP contribution in [0, 0.1) is 5.92 Å². The number of amides is 1. The molecule has 0 aromatic carbocycles. The lowest BCUT2D eigenvalue weighted by Crippen LogP contribution is -2.45. The van der Waals surface area contributed by atoms with Crippen molar-refractivity contribution in [2.24, 2.45) is 5.92 Å². The van der Waals surface area contributed by atoms with Crippen LogP contribution in [0.5, 0.6) is 0 Å². The molecule has 0 bridgehead atoms. The minimum Gasteiger partial charge on any atom is -0.338 e. The summed E-state index contributed by atoms with van der Waals surface area (Å²) >= 11 is 0. The number of hydrogen-bond acceptors (Lipinski definition) is 3. The van der Waals surface area contributed by atoms with Crippen LogP contribution in [0.2, 0.25) is 0 Å². The van der Waals surface area contributed by atoms with E-state index < -0.39 is 0 Å². The maximum atomic E-state index is 12.5. The summed E-state index contributed by atoms with van der Waals surface area (Å²) in [7, 11) is 0. The van der Waals surface area contributed by atoms with Crippen molar-refractivity contribution in [1.29, 1.82) is 0 Å². The van der Waals surface area contributed by atoms with E-state index in [4.69, 9.17) is 0 Å². The smallest absolute Gasteiger partial charge is 0.227 e. The van der Waals surface area contributed by atoms with Gasteiger partial charge < -0.3 is 15.1 Å². The Hall–Kier alpha value is -0.610. The molecule has 102 valence electrons. The van der Waals surface area contributed by atoms with Crippen molar-refractivity contribution in [1.82, 2.24) is 15.1 Å². The van der Waals surface area contributed by atoms with Crippen LogP contribution in [0.3, 0.4) is 0 Å². The highest BCUT2D eigenvalue weighted by molar-refractivity contribution is 5.80. The molecule has 2 atom stereocenters. The second kappa shape index (κ2) is 5.57. The van der Waals surface area contributed by atoms with Crippen molar-refractivity contribution in [3.8, 4) is 0 Å². The quantitative estimate of drug-likeness (QED) is 0.801. The largest absolute Gasteiger partial charge is 0.338 e. The van der Waals surface area contributed by atoms with Gasteiger partial charge in [-0.15, -0.1) is 0 Å². The molecule has 0 radical (unpaired) electrons. The van der Waals surface area contributed by atoms with Crippen LogP contribution in [0.4, 0.5) is 0 Å². The fraction of sp³-hybridized carbons (Fsp3) is 0.929. The SMILES string of the molecule is O=C(C1CCNC1)N1CCCC1CN1CCCC1. The monoisotopic (exact) mass is 251 g/mol. The predicted octanol–water partition coefficient (Wildman–Crippen LogP) is 0.683. The van der Waals surface area contributed by atoms with Gasteiger partial charge in [-0.3, -0.25) is 4.79 Å². The third kappa shape index (κ3) is 2.54. The number of likely N-dealkylation sites (tertiary alicyclic amines) is 2. The molecule has 0 aliphatic carbocycles. The van der Waals surface area contributed by atoms with Gasteiger partial charge in [-0.2, -0.15) is 0 Å². The Labute approximate surface area is 110 Å². The van der Waals surface area contributed by atoms with Gasteiger partial charge in [-0.05, 0) is 51.7 Å². The minimum absolute atomic E-state index is 0.254. The van der Waals surface area contributed by atoms with Crippen molar-refractivity contribution in [3.63, 3.8) is 0 Å². The highest BCUT2D eigenvalue weighted by atomic mass is 16.2. The molecule has 0 aromatic rings. The number of carbonyl (C=O) groups excluding carboxylic acids is 1. The van der Waals surface area contributed by atoms with Gasteiger partial charge in [-0.1, -0.05) is 0 Å². The first-order valence-electron chi connectivity index (χ1n) is 7.58. The topological polar surface area (TPSA) is 35.6 Å². The second-order valence-corrected chi connectivity index (χ2v) is 6.03. The molecule has 3 aliphatic heterocycles. The third-order valence-electron chi connectivity index (χ3n) is 4.74. The molecular weight excluding hydrogens is 226 g/mol. The van der Waals surface area contributed by atoms with Crippen molar-refractivity contribution >= 4 is 5.91 Å². The zero-order chi connectivity index (χ0) is 12.4. The lowest BCUT2D eigenvalue weighted by atomic mass is 10.1. The Morgan fingerprint density at radius 1 is 1.11 bits per heavy atom. The molecule has 3 aliphatic rings. The summed E-state index contributed by atoms with van der Waals surface area (Å²) < 4.78 is 0. The number of carbonyl (C=O) groups is 1. The van der Waals surface area contributed by atoms with E-state index in [1.165, 1.54) is 38.8 Å². The summed E-state index contributed by atoms with van der Waals surface area (Å²) in [6.45, 7) is 6.50. The molecule has 3 rings (SSSR count). The molecule has 18 heavy (non-hydrogen) atoms. The average Bonchev–Trinajstić information content (AvgIpc) is 3.12. The van der Waals surface area contributed by atoms with Gasteiger partial charge >= 0.3 is 0 Å². The molecule has 2 unspecified atom stereocenters. The zero-order valence-electron chi connectivity index (χ0n) is 11.2. The Balaban J connectivity index is 1.57. The first-order valence-corrected chi connectivity index (χ1v) is 7.58. The molecule has 3 saturated heterocycles. The lowest BCUT2D eigenvalue weighted by molar-refractivity contribution is -0.136. The van der Waals surface area contributed by atoms with E-state index in [0.717, 1.165) is 32.6 Å². The Morgan fingerprint density at radius 2 is 1.94 bits per heavy atom. The van der Waals surface area contributed by atoms with E-state index in [1.807, 2.05) is 0 Å². The summed E-state index contributed by atoms with van der Waals surface area (Å²) in [5.74, 6) is 0.672. The van der Waals surface area contributed by atoms with Crippen molar-refractivity contribution in [2.75, 3.05) is 39.3 Å². The van der Waals surface area contributed by atoms with Gasteiger partial charge in [0, 0.05) is 25.7 Å². The Kier molecular flexibility index (Phi) is 3.85. The fourth-order valence-electron chi connectivity index (χ4n) is 3.68. The molecule has 0 aromatic heterocycles. The molecule has 3 heterocycles. The number of nitrogens with one attached hydrogen (secondary N) is 1. The standard InChI is InChI=1S/C14H25N3O/c18-14(12-5-6-15-10-12)17-9-3-4-13(17)11-16-7-1-2-8-16/h12-13,15H,1-11H2. The molecular formula is C14H25N3O. The molecule has 3 fully saturated rings. The maximum absolute atomic E-state index is 12.5. The van der Waals surface area contributed by atoms with Crippen molar-refractivity contribution in [2.45, 2.75) is 38.1 Å². The van der Waals surface area contributed by atoms with E-state index in [9.17, 15) is 4.79 Å². The van der Waals surface area contributed by atoms with Crippen LogP contribution in [-0.4, -0.2) is 61.0 Å². The van der Waals surface area contributed by atoms with Gasteiger partial charge in [0.1, 0.15) is 0 Å². The highest BCUT2D eigenvalue weighted by Gasteiger charge is 2.35. The van der Waals surface area contributed by atoms with Gasteiger partial charge in [0.25, 0.3) is 0 Å². The van der Waals surface area contributed by atoms with Crippen LogP contribution in [-0.2, 0) is 4.79 Å². The summed E-state index contributed by atoms with van der Waals surface area (Å²) in [5.41, 5.74) is 0. The predicted molar refractivity (Wildman–Crippen MR) is 71.4 cm³/mol. The maximum Gasteiger partial charge on any atom is 0.227 e. The van der Waals surface area contributed by atoms with Crippen LogP contribution in [0.1, 0.15) is 32.1 Å². The molecule has 0 saturated carbocycles. The van der Waals surface area contributed by atoms with Gasteiger partial charge in [0.2, 0.25) is 5.91 Å². The summed E-state index contributed by atoms with van der Waals surface area (Å²) in [4.78, 5) is 17.2. The van der Waals surface area contributed by atoms with E-state index in [2.05, 4.69) is 15.1 Å². The number of rotatable bonds is 3.